The maximum Gasteiger partial charge on any atom is 0.336 e. The van der Waals surface area contributed by atoms with Crippen molar-refractivity contribution in [3.8, 4) is 0 Å². The zero-order chi connectivity index (χ0) is 12.8. The molecule has 1 aromatic carbocycles. The van der Waals surface area contributed by atoms with Gasteiger partial charge in [0.1, 0.15) is 0 Å². The average Bonchev–Trinajstić information content (AvgIpc) is 2.23. The number of hydrogen-bond acceptors (Lipinski definition) is 2. The lowest BCUT2D eigenvalue weighted by atomic mass is 9.69. The Morgan fingerprint density at radius 1 is 1.47 bits per heavy atom. The van der Waals surface area contributed by atoms with Crippen LogP contribution in [0, 0.1) is 6.92 Å². The molecular weight excluding hydrogens is 214 g/mol. The molecule has 3 nitrogen and oxygen atoms in total. The zero-order valence-electron chi connectivity index (χ0n) is 10.6. The minimum atomic E-state index is -0.877. The van der Waals surface area contributed by atoms with E-state index in [4.69, 9.17) is 5.73 Å². The summed E-state index contributed by atoms with van der Waals surface area (Å²) in [6.07, 6.45) is 1.85. The number of fused-ring (bicyclic) bond motifs is 1. The van der Waals surface area contributed by atoms with Crippen LogP contribution in [-0.2, 0) is 5.41 Å². The molecule has 17 heavy (non-hydrogen) atoms. The van der Waals surface area contributed by atoms with Crippen LogP contribution in [0.3, 0.4) is 0 Å². The maximum absolute atomic E-state index is 11.3. The van der Waals surface area contributed by atoms with Crippen LogP contribution >= 0.6 is 0 Å². The topological polar surface area (TPSA) is 63.3 Å². The van der Waals surface area contributed by atoms with Crippen LogP contribution in [0.25, 0.3) is 0 Å². The molecular formula is C14H19NO2. The number of rotatable bonds is 1. The van der Waals surface area contributed by atoms with Gasteiger partial charge >= 0.3 is 5.97 Å². The summed E-state index contributed by atoms with van der Waals surface area (Å²) in [5.41, 5.74) is 9.41. The Kier molecular flexibility index (Phi) is 2.74. The second-order valence-electron chi connectivity index (χ2n) is 5.61. The molecule has 1 aliphatic rings. The van der Waals surface area contributed by atoms with Crippen molar-refractivity contribution in [3.63, 3.8) is 0 Å². The Bertz CT molecular complexity index is 477. The third-order valence-corrected chi connectivity index (χ3v) is 3.74. The molecule has 92 valence electrons. The fourth-order valence-corrected chi connectivity index (χ4v) is 2.73. The van der Waals surface area contributed by atoms with Gasteiger partial charge in [-0.05, 0) is 47.9 Å². The second-order valence-corrected chi connectivity index (χ2v) is 5.61. The van der Waals surface area contributed by atoms with Gasteiger partial charge in [0.25, 0.3) is 0 Å². The molecule has 0 radical (unpaired) electrons. The first kappa shape index (κ1) is 12.1. The van der Waals surface area contributed by atoms with Crippen LogP contribution in [0.2, 0.25) is 0 Å². The molecule has 0 spiro atoms. The van der Waals surface area contributed by atoms with Gasteiger partial charge in [-0.2, -0.15) is 0 Å². The first-order valence-electron chi connectivity index (χ1n) is 5.97. The predicted molar refractivity (Wildman–Crippen MR) is 67.3 cm³/mol. The van der Waals surface area contributed by atoms with Crippen molar-refractivity contribution >= 4 is 5.97 Å². The molecule has 1 aliphatic carbocycles. The summed E-state index contributed by atoms with van der Waals surface area (Å²) in [5, 5.41) is 9.30. The summed E-state index contributed by atoms with van der Waals surface area (Å²) in [7, 11) is 0. The van der Waals surface area contributed by atoms with E-state index in [0.29, 0.717) is 5.56 Å². The standard InChI is InChI=1S/C14H19NO2/c1-8-6-9(13(16)17)12-10(7-8)14(2,3)5-4-11(12)15/h6-7,11H,4-5,15H2,1-3H3,(H,16,17). The van der Waals surface area contributed by atoms with Crippen molar-refractivity contribution in [2.75, 3.05) is 0 Å². The Morgan fingerprint density at radius 2 is 2.12 bits per heavy atom. The van der Waals surface area contributed by atoms with E-state index in [1.54, 1.807) is 6.07 Å². The van der Waals surface area contributed by atoms with Gasteiger partial charge in [0.2, 0.25) is 0 Å². The number of carbonyl (C=O) groups is 1. The lowest BCUT2D eigenvalue weighted by Gasteiger charge is -2.36. The second kappa shape index (κ2) is 3.84. The highest BCUT2D eigenvalue weighted by molar-refractivity contribution is 5.90. The summed E-state index contributed by atoms with van der Waals surface area (Å²) in [4.78, 5) is 11.3. The van der Waals surface area contributed by atoms with Gasteiger partial charge in [-0.3, -0.25) is 0 Å². The third-order valence-electron chi connectivity index (χ3n) is 3.74. The summed E-state index contributed by atoms with van der Waals surface area (Å²) in [6, 6.07) is 3.66. The fraction of sp³-hybridized carbons (Fsp3) is 0.500. The van der Waals surface area contributed by atoms with Crippen LogP contribution in [0.1, 0.15) is 59.8 Å². The normalized spacial score (nSPS) is 22.0. The number of carboxylic acid groups (broad SMARTS) is 1. The molecule has 1 atom stereocenters. The minimum absolute atomic E-state index is 0.0153. The minimum Gasteiger partial charge on any atom is -0.478 e. The molecule has 0 amide bonds. The number of hydrogen-bond donors (Lipinski definition) is 2. The van der Waals surface area contributed by atoms with Gasteiger partial charge in [0.05, 0.1) is 5.56 Å². The number of carboxylic acids is 1. The van der Waals surface area contributed by atoms with Crippen molar-refractivity contribution < 1.29 is 9.90 Å². The molecule has 2 rings (SSSR count). The van der Waals surface area contributed by atoms with Crippen LogP contribution in [0.5, 0.6) is 0 Å². The van der Waals surface area contributed by atoms with E-state index in [1.165, 1.54) is 0 Å². The molecule has 0 aliphatic heterocycles. The van der Waals surface area contributed by atoms with E-state index < -0.39 is 5.97 Å². The van der Waals surface area contributed by atoms with E-state index in [2.05, 4.69) is 19.9 Å². The summed E-state index contributed by atoms with van der Waals surface area (Å²) < 4.78 is 0. The van der Waals surface area contributed by atoms with Crippen molar-refractivity contribution in [3.05, 3.63) is 34.4 Å². The van der Waals surface area contributed by atoms with Crippen molar-refractivity contribution in [2.24, 2.45) is 5.73 Å². The van der Waals surface area contributed by atoms with E-state index >= 15 is 0 Å². The molecule has 0 saturated carbocycles. The highest BCUT2D eigenvalue weighted by Crippen LogP contribution is 2.42. The third kappa shape index (κ3) is 1.95. The molecule has 0 heterocycles. The van der Waals surface area contributed by atoms with Crippen molar-refractivity contribution in [1.82, 2.24) is 0 Å². The summed E-state index contributed by atoms with van der Waals surface area (Å²) in [6.45, 7) is 6.24. The maximum atomic E-state index is 11.3. The number of benzene rings is 1. The Balaban J connectivity index is 2.74. The molecule has 1 unspecified atom stereocenters. The largest absolute Gasteiger partial charge is 0.478 e. The molecule has 0 aromatic heterocycles. The number of aromatic carboxylic acids is 1. The summed E-state index contributed by atoms with van der Waals surface area (Å²) >= 11 is 0. The van der Waals surface area contributed by atoms with Gasteiger partial charge in [0.15, 0.2) is 0 Å². The highest BCUT2D eigenvalue weighted by atomic mass is 16.4. The van der Waals surface area contributed by atoms with E-state index in [0.717, 1.165) is 29.5 Å². The van der Waals surface area contributed by atoms with Gasteiger partial charge in [-0.1, -0.05) is 19.9 Å². The smallest absolute Gasteiger partial charge is 0.336 e. The number of nitrogens with two attached hydrogens (primary N) is 1. The molecule has 0 saturated heterocycles. The lowest BCUT2D eigenvalue weighted by molar-refractivity contribution is 0.0694. The monoisotopic (exact) mass is 233 g/mol. The summed E-state index contributed by atoms with van der Waals surface area (Å²) in [5.74, 6) is -0.877. The Labute approximate surface area is 102 Å². The Hall–Kier alpha value is -1.35. The zero-order valence-corrected chi connectivity index (χ0v) is 10.6. The molecule has 1 aromatic rings. The average molecular weight is 233 g/mol. The molecule has 3 N–H and O–H groups in total. The molecule has 3 heteroatoms. The highest BCUT2D eigenvalue weighted by Gasteiger charge is 2.34. The first-order chi connectivity index (χ1) is 7.83. The van der Waals surface area contributed by atoms with Crippen LogP contribution < -0.4 is 5.73 Å². The lowest BCUT2D eigenvalue weighted by Crippen LogP contribution is -2.31. The van der Waals surface area contributed by atoms with Gasteiger partial charge in [-0.25, -0.2) is 4.79 Å². The van der Waals surface area contributed by atoms with Crippen LogP contribution in [0.15, 0.2) is 12.1 Å². The quantitative estimate of drug-likeness (QED) is 0.784. The van der Waals surface area contributed by atoms with Crippen molar-refractivity contribution in [1.29, 1.82) is 0 Å². The predicted octanol–water partition coefficient (Wildman–Crippen LogP) is 2.76. The first-order valence-corrected chi connectivity index (χ1v) is 5.97. The molecule has 0 fully saturated rings. The SMILES string of the molecule is Cc1cc(C(=O)O)c2c(c1)C(C)(C)CCC2N. The van der Waals surface area contributed by atoms with Crippen molar-refractivity contribution in [2.45, 2.75) is 45.1 Å². The number of aryl methyl sites for hydroxylation is 1. The van der Waals surface area contributed by atoms with Crippen LogP contribution in [-0.4, -0.2) is 11.1 Å². The fourth-order valence-electron chi connectivity index (χ4n) is 2.73. The van der Waals surface area contributed by atoms with Crippen LogP contribution in [0.4, 0.5) is 0 Å². The van der Waals surface area contributed by atoms with E-state index in [-0.39, 0.29) is 11.5 Å². The van der Waals surface area contributed by atoms with Gasteiger partial charge < -0.3 is 10.8 Å². The van der Waals surface area contributed by atoms with E-state index in [1.807, 2.05) is 6.92 Å². The van der Waals surface area contributed by atoms with Gasteiger partial charge in [-0.15, -0.1) is 0 Å². The Morgan fingerprint density at radius 3 is 2.71 bits per heavy atom. The molecule has 0 bridgehead atoms. The van der Waals surface area contributed by atoms with Gasteiger partial charge in [0, 0.05) is 6.04 Å². The van der Waals surface area contributed by atoms with E-state index in [9.17, 15) is 9.90 Å².